The molecule has 0 spiro atoms. The number of nitrogens with zero attached hydrogens (tertiary/aromatic N) is 1. The van der Waals surface area contributed by atoms with Crippen LogP contribution in [0.3, 0.4) is 0 Å². The van der Waals surface area contributed by atoms with Crippen LogP contribution in [0.15, 0.2) is 42.5 Å². The molecule has 0 bridgehead atoms. The van der Waals surface area contributed by atoms with E-state index in [0.29, 0.717) is 22.8 Å². The van der Waals surface area contributed by atoms with E-state index in [1.165, 1.54) is 18.2 Å². The number of halogens is 2. The summed E-state index contributed by atoms with van der Waals surface area (Å²) in [5, 5.41) is 8.94. The van der Waals surface area contributed by atoms with Gasteiger partial charge < -0.3 is 4.74 Å². The van der Waals surface area contributed by atoms with Crippen LogP contribution in [0.5, 0.6) is 5.75 Å². The van der Waals surface area contributed by atoms with Gasteiger partial charge in [-0.25, -0.2) is 4.39 Å². The zero-order chi connectivity index (χ0) is 13.7. The molecule has 0 aliphatic carbocycles. The van der Waals surface area contributed by atoms with Crippen molar-refractivity contribution in [3.63, 3.8) is 0 Å². The molecule has 19 heavy (non-hydrogen) atoms. The van der Waals surface area contributed by atoms with Gasteiger partial charge in [-0.15, -0.1) is 11.6 Å². The Labute approximate surface area is 116 Å². The molecule has 2 aromatic rings. The number of benzene rings is 2. The molecule has 0 saturated carbocycles. The summed E-state index contributed by atoms with van der Waals surface area (Å²) in [5.41, 5.74) is 1.88. The van der Waals surface area contributed by atoms with Gasteiger partial charge in [0, 0.05) is 11.4 Å². The molecule has 96 valence electrons. The minimum Gasteiger partial charge on any atom is -0.489 e. The lowest BCUT2D eigenvalue weighted by atomic mass is 10.1. The van der Waals surface area contributed by atoms with Gasteiger partial charge in [-0.1, -0.05) is 12.1 Å². The van der Waals surface area contributed by atoms with E-state index in [4.69, 9.17) is 21.6 Å². The van der Waals surface area contributed by atoms with E-state index in [2.05, 4.69) is 0 Å². The van der Waals surface area contributed by atoms with Gasteiger partial charge in [-0.2, -0.15) is 5.26 Å². The quantitative estimate of drug-likeness (QED) is 0.790. The second-order valence-corrected chi connectivity index (χ2v) is 4.25. The van der Waals surface area contributed by atoms with Crippen molar-refractivity contribution >= 4 is 11.6 Å². The molecular weight excluding hydrogens is 265 g/mol. The Balaban J connectivity index is 2.14. The van der Waals surface area contributed by atoms with E-state index in [0.717, 1.165) is 5.56 Å². The molecule has 0 aliphatic heterocycles. The predicted molar refractivity (Wildman–Crippen MR) is 71.4 cm³/mol. The van der Waals surface area contributed by atoms with E-state index < -0.39 is 0 Å². The van der Waals surface area contributed by atoms with Crippen molar-refractivity contribution in [2.45, 2.75) is 12.5 Å². The van der Waals surface area contributed by atoms with E-state index in [-0.39, 0.29) is 12.4 Å². The molecule has 2 aromatic carbocycles. The van der Waals surface area contributed by atoms with Gasteiger partial charge in [0.05, 0.1) is 11.6 Å². The van der Waals surface area contributed by atoms with Crippen molar-refractivity contribution in [1.82, 2.24) is 0 Å². The van der Waals surface area contributed by atoms with E-state index in [1.54, 1.807) is 6.07 Å². The first-order valence-electron chi connectivity index (χ1n) is 5.69. The van der Waals surface area contributed by atoms with Crippen LogP contribution >= 0.6 is 11.6 Å². The monoisotopic (exact) mass is 275 g/mol. The largest absolute Gasteiger partial charge is 0.489 e. The zero-order valence-corrected chi connectivity index (χ0v) is 10.8. The van der Waals surface area contributed by atoms with Gasteiger partial charge in [0.25, 0.3) is 0 Å². The number of ether oxygens (including phenoxy) is 1. The maximum absolute atomic E-state index is 13.1. The third kappa shape index (κ3) is 3.46. The second kappa shape index (κ2) is 6.21. The number of rotatable bonds is 4. The summed E-state index contributed by atoms with van der Waals surface area (Å²) in [6, 6.07) is 13.4. The number of alkyl halides is 1. The van der Waals surface area contributed by atoms with Crippen molar-refractivity contribution < 1.29 is 9.13 Å². The van der Waals surface area contributed by atoms with Crippen LogP contribution in [0.25, 0.3) is 0 Å². The average molecular weight is 276 g/mol. The number of hydrogen-bond donors (Lipinski definition) is 0. The molecule has 0 amide bonds. The van der Waals surface area contributed by atoms with Crippen LogP contribution in [0.1, 0.15) is 16.7 Å². The lowest BCUT2D eigenvalue weighted by Crippen LogP contribution is -1.99. The SMILES string of the molecule is N#Cc1ccc(F)cc1COc1cccc(CCl)c1. The van der Waals surface area contributed by atoms with E-state index in [1.807, 2.05) is 24.3 Å². The summed E-state index contributed by atoms with van der Waals surface area (Å²) in [5.74, 6) is 0.666. The fraction of sp³-hybridized carbons (Fsp3) is 0.133. The third-order valence-electron chi connectivity index (χ3n) is 2.63. The summed E-state index contributed by atoms with van der Waals surface area (Å²) in [6.45, 7) is 0.145. The van der Waals surface area contributed by atoms with Crippen LogP contribution in [-0.2, 0) is 12.5 Å². The Hall–Kier alpha value is -2.05. The van der Waals surface area contributed by atoms with E-state index in [9.17, 15) is 4.39 Å². The number of nitriles is 1. The van der Waals surface area contributed by atoms with Crippen molar-refractivity contribution in [3.05, 3.63) is 65.0 Å². The molecule has 2 rings (SSSR count). The molecule has 0 saturated heterocycles. The lowest BCUT2D eigenvalue weighted by molar-refractivity contribution is 0.305. The molecule has 0 fully saturated rings. The van der Waals surface area contributed by atoms with Gasteiger partial charge >= 0.3 is 0 Å². The zero-order valence-electron chi connectivity index (χ0n) is 10.1. The van der Waals surface area contributed by atoms with Crippen molar-refractivity contribution in [2.24, 2.45) is 0 Å². The molecule has 0 heterocycles. The Morgan fingerprint density at radius 3 is 2.79 bits per heavy atom. The average Bonchev–Trinajstić information content (AvgIpc) is 2.45. The summed E-state index contributed by atoms with van der Waals surface area (Å²) in [7, 11) is 0. The summed E-state index contributed by atoms with van der Waals surface area (Å²) >= 11 is 5.74. The maximum atomic E-state index is 13.1. The van der Waals surface area contributed by atoms with Gasteiger partial charge in [-0.3, -0.25) is 0 Å². The summed E-state index contributed by atoms with van der Waals surface area (Å²) in [4.78, 5) is 0. The minimum absolute atomic E-state index is 0.145. The summed E-state index contributed by atoms with van der Waals surface area (Å²) < 4.78 is 18.7. The fourth-order valence-corrected chi connectivity index (χ4v) is 1.84. The van der Waals surface area contributed by atoms with Gasteiger partial charge in [0.2, 0.25) is 0 Å². The highest BCUT2D eigenvalue weighted by Crippen LogP contribution is 2.18. The number of hydrogen-bond acceptors (Lipinski definition) is 2. The molecule has 2 nitrogen and oxygen atoms in total. The van der Waals surface area contributed by atoms with Crippen LogP contribution in [0.4, 0.5) is 4.39 Å². The van der Waals surface area contributed by atoms with Gasteiger partial charge in [0.15, 0.2) is 0 Å². The molecule has 0 N–H and O–H groups in total. The molecule has 0 atom stereocenters. The van der Waals surface area contributed by atoms with Crippen molar-refractivity contribution in [1.29, 1.82) is 5.26 Å². The Bertz CT molecular complexity index is 622. The summed E-state index contributed by atoms with van der Waals surface area (Å²) in [6.07, 6.45) is 0. The fourth-order valence-electron chi connectivity index (χ4n) is 1.67. The van der Waals surface area contributed by atoms with E-state index >= 15 is 0 Å². The Kier molecular flexibility index (Phi) is 4.38. The molecule has 0 radical (unpaired) electrons. The van der Waals surface area contributed by atoms with Crippen LogP contribution in [-0.4, -0.2) is 0 Å². The topological polar surface area (TPSA) is 33.0 Å². The smallest absolute Gasteiger partial charge is 0.123 e. The van der Waals surface area contributed by atoms with Gasteiger partial charge in [-0.05, 0) is 35.9 Å². The normalized spacial score (nSPS) is 9.95. The molecular formula is C15H11ClFNO. The molecule has 0 aromatic heterocycles. The second-order valence-electron chi connectivity index (χ2n) is 3.98. The first kappa shape index (κ1) is 13.4. The van der Waals surface area contributed by atoms with Crippen LogP contribution < -0.4 is 4.74 Å². The van der Waals surface area contributed by atoms with Crippen LogP contribution in [0, 0.1) is 17.1 Å². The first-order chi connectivity index (χ1) is 9.22. The van der Waals surface area contributed by atoms with Gasteiger partial charge in [0.1, 0.15) is 18.2 Å². The Morgan fingerprint density at radius 2 is 2.05 bits per heavy atom. The highest BCUT2D eigenvalue weighted by Gasteiger charge is 2.05. The highest BCUT2D eigenvalue weighted by molar-refractivity contribution is 6.17. The highest BCUT2D eigenvalue weighted by atomic mass is 35.5. The predicted octanol–water partition coefficient (Wildman–Crippen LogP) is 4.02. The maximum Gasteiger partial charge on any atom is 0.123 e. The molecule has 4 heteroatoms. The molecule has 0 aliphatic rings. The Morgan fingerprint density at radius 1 is 1.21 bits per heavy atom. The van der Waals surface area contributed by atoms with Crippen molar-refractivity contribution in [2.75, 3.05) is 0 Å². The minimum atomic E-state index is -0.382. The standard InChI is InChI=1S/C15H11ClFNO/c16-8-11-2-1-3-15(6-11)19-10-13-7-14(17)5-4-12(13)9-18/h1-7H,8,10H2. The van der Waals surface area contributed by atoms with Crippen molar-refractivity contribution in [3.8, 4) is 11.8 Å². The molecule has 0 unspecified atom stereocenters. The lowest BCUT2D eigenvalue weighted by Gasteiger charge is -2.08. The first-order valence-corrected chi connectivity index (χ1v) is 6.22. The van der Waals surface area contributed by atoms with Crippen LogP contribution in [0.2, 0.25) is 0 Å². The third-order valence-corrected chi connectivity index (χ3v) is 2.94.